The van der Waals surface area contributed by atoms with Gasteiger partial charge in [-0.3, -0.25) is 0 Å². The van der Waals surface area contributed by atoms with Crippen LogP contribution in [0.1, 0.15) is 59.3 Å². The van der Waals surface area contributed by atoms with Gasteiger partial charge in [-0.1, -0.05) is 40.2 Å². The highest BCUT2D eigenvalue weighted by Gasteiger charge is 2.55. The Bertz CT molecular complexity index is 1600. The zero-order valence-corrected chi connectivity index (χ0v) is 35.1. The Morgan fingerprint density at radius 3 is 1.82 bits per heavy atom. The first-order valence-corrected chi connectivity index (χ1v) is 21.5. The number of aliphatic hydroxyl groups is 10. The fraction of sp³-hybridized carbons (Fsp3) is 0.810. The molecule has 0 amide bonds. The third-order valence-corrected chi connectivity index (χ3v) is 13.4. The molecule has 2 saturated carbocycles. The highest BCUT2D eigenvalue weighted by atomic mass is 16.8. The van der Waals surface area contributed by atoms with Crippen LogP contribution in [0.2, 0.25) is 0 Å². The number of hydrogen-bond donors (Lipinski definition) is 10. The Kier molecular flexibility index (Phi) is 16.5. The molecule has 0 spiro atoms. The van der Waals surface area contributed by atoms with Crippen molar-refractivity contribution < 1.29 is 98.5 Å². The number of carbonyl (C=O) groups is 2. The normalized spacial score (nSPS) is 42.7. The summed E-state index contributed by atoms with van der Waals surface area (Å²) in [6, 6.07) is 0. The number of aliphatic hydroxyl groups excluding tert-OH is 10. The predicted molar refractivity (Wildman–Crippen MR) is 208 cm³/mol. The predicted octanol–water partition coefficient (Wildman–Crippen LogP) is -1.79. The molecule has 20 nitrogen and oxygen atoms in total. The summed E-state index contributed by atoms with van der Waals surface area (Å²) in [6.07, 6.45) is -13.4. The number of esters is 2. The molecule has 0 radical (unpaired) electrons. The lowest BCUT2D eigenvalue weighted by atomic mass is 9.83. The third-order valence-electron chi connectivity index (χ3n) is 13.4. The fourth-order valence-corrected chi connectivity index (χ4v) is 9.40. The second kappa shape index (κ2) is 21.0. The zero-order chi connectivity index (χ0) is 45.2. The molecule has 4 aliphatic heterocycles. The van der Waals surface area contributed by atoms with Crippen LogP contribution in [0.3, 0.4) is 0 Å². The first-order valence-electron chi connectivity index (χ1n) is 21.5. The summed E-state index contributed by atoms with van der Waals surface area (Å²) < 4.78 is 45.5. The van der Waals surface area contributed by atoms with E-state index in [1.54, 1.807) is 6.92 Å². The van der Waals surface area contributed by atoms with E-state index in [-0.39, 0.29) is 55.0 Å². The van der Waals surface area contributed by atoms with Gasteiger partial charge < -0.3 is 89.0 Å². The van der Waals surface area contributed by atoms with Gasteiger partial charge in [0.15, 0.2) is 12.6 Å². The van der Waals surface area contributed by atoms with E-state index in [4.69, 9.17) is 37.9 Å². The molecule has 2 aliphatic carbocycles. The molecular formula is C42H64O20. The lowest BCUT2D eigenvalue weighted by Gasteiger charge is -2.43. The molecule has 352 valence electrons. The van der Waals surface area contributed by atoms with Crippen molar-refractivity contribution in [2.24, 2.45) is 41.4 Å². The van der Waals surface area contributed by atoms with Gasteiger partial charge in [0.05, 0.1) is 68.2 Å². The average molecular weight is 889 g/mol. The van der Waals surface area contributed by atoms with Crippen LogP contribution in [-0.4, -0.2) is 176 Å². The summed E-state index contributed by atoms with van der Waals surface area (Å²) >= 11 is 0. The van der Waals surface area contributed by atoms with E-state index in [0.29, 0.717) is 12.0 Å². The van der Waals surface area contributed by atoms with Crippen LogP contribution >= 0.6 is 0 Å². The molecule has 0 aromatic rings. The minimum absolute atomic E-state index is 0.000127. The van der Waals surface area contributed by atoms with Gasteiger partial charge in [0.1, 0.15) is 48.8 Å². The van der Waals surface area contributed by atoms with Crippen molar-refractivity contribution in [1.29, 1.82) is 0 Å². The van der Waals surface area contributed by atoms with Crippen LogP contribution in [0.5, 0.6) is 0 Å². The minimum atomic E-state index is -1.68. The summed E-state index contributed by atoms with van der Waals surface area (Å²) in [5.41, 5.74) is 0.764. The van der Waals surface area contributed by atoms with Crippen LogP contribution in [-0.2, 0) is 47.5 Å². The van der Waals surface area contributed by atoms with Crippen molar-refractivity contribution in [3.05, 3.63) is 35.8 Å². The second-order valence-electron chi connectivity index (χ2n) is 17.8. The summed E-state index contributed by atoms with van der Waals surface area (Å²) in [5, 5.41) is 102. The number of hydrogen-bond acceptors (Lipinski definition) is 20. The smallest absolute Gasteiger partial charge is 0.337 e. The van der Waals surface area contributed by atoms with E-state index in [1.165, 1.54) is 12.5 Å². The number of fused-ring (bicyclic) bond motifs is 2. The molecule has 0 aromatic carbocycles. The molecule has 4 fully saturated rings. The summed E-state index contributed by atoms with van der Waals surface area (Å²) in [6.45, 7) is 8.71. The Hall–Kier alpha value is -2.80. The van der Waals surface area contributed by atoms with Gasteiger partial charge in [0.25, 0.3) is 0 Å². The van der Waals surface area contributed by atoms with Crippen LogP contribution in [0, 0.1) is 41.4 Å². The van der Waals surface area contributed by atoms with Crippen molar-refractivity contribution in [2.75, 3.05) is 26.4 Å². The first kappa shape index (κ1) is 48.7. The largest absolute Gasteiger partial charge is 0.472 e. The van der Waals surface area contributed by atoms with E-state index in [0.717, 1.165) is 19.3 Å². The molecule has 4 heterocycles. The fourth-order valence-electron chi connectivity index (χ4n) is 9.40. The molecular weight excluding hydrogens is 824 g/mol. The van der Waals surface area contributed by atoms with Gasteiger partial charge in [-0.25, -0.2) is 9.59 Å². The highest BCUT2D eigenvalue weighted by molar-refractivity contribution is 5.89. The molecule has 0 aromatic heterocycles. The molecule has 10 N–H and O–H groups in total. The third kappa shape index (κ3) is 10.3. The lowest BCUT2D eigenvalue weighted by Crippen LogP contribution is -2.60. The maximum absolute atomic E-state index is 13.3. The number of rotatable bonds is 17. The molecule has 6 aliphatic rings. The Labute approximate surface area is 359 Å². The van der Waals surface area contributed by atoms with Crippen LogP contribution in [0.25, 0.3) is 0 Å². The van der Waals surface area contributed by atoms with Crippen molar-refractivity contribution in [2.45, 2.75) is 145 Å². The quantitative estimate of drug-likeness (QED) is 0.0569. The summed E-state index contributed by atoms with van der Waals surface area (Å²) in [5.74, 6) is -3.76. The van der Waals surface area contributed by atoms with Crippen molar-refractivity contribution in [1.82, 2.24) is 0 Å². The molecule has 0 bridgehead atoms. The highest BCUT2D eigenvalue weighted by Crippen LogP contribution is 2.49. The Morgan fingerprint density at radius 2 is 1.23 bits per heavy atom. The van der Waals surface area contributed by atoms with Crippen molar-refractivity contribution in [3.8, 4) is 0 Å². The lowest BCUT2D eigenvalue weighted by molar-refractivity contribution is -0.342. The Balaban J connectivity index is 0.921. The van der Waals surface area contributed by atoms with E-state index >= 15 is 0 Å². The molecule has 0 unspecified atom stereocenters. The van der Waals surface area contributed by atoms with Gasteiger partial charge in [0.2, 0.25) is 12.6 Å². The van der Waals surface area contributed by atoms with Crippen LogP contribution < -0.4 is 0 Å². The monoisotopic (exact) mass is 888 g/mol. The summed E-state index contributed by atoms with van der Waals surface area (Å²) in [7, 11) is 0. The molecule has 62 heavy (non-hydrogen) atoms. The zero-order valence-electron chi connectivity index (χ0n) is 35.1. The maximum atomic E-state index is 13.3. The van der Waals surface area contributed by atoms with Gasteiger partial charge >= 0.3 is 11.9 Å². The standard InChI is InChI=1S/C42H64O20/c1-17(8-9-55-37(53)23-15-57-39(29-19(3)25(45)10-21(23)29)61-41-35(51)33(49)31(47)27(12-43)59-41)6-5-7-18(2)14-56-38(54)24-16-58-40(30-20(4)26(46)11-22(24)30)62-42-36(52)34(50)32(48)28(13-44)60-42/h15-19,21-22,25-36,39-52H,4-14H2,1-3H3/t17-,18+,19+,21-,22-,25-,26-,27+,28+,29-,30-,31+,32+,33-,34-,35+,36+,39+,40+,41-,42-/m1/s1. The van der Waals surface area contributed by atoms with E-state index < -0.39 is 135 Å². The van der Waals surface area contributed by atoms with E-state index in [2.05, 4.69) is 6.58 Å². The average Bonchev–Trinajstić information content (AvgIpc) is 3.72. The van der Waals surface area contributed by atoms with Gasteiger partial charge in [0, 0.05) is 17.8 Å². The second-order valence-corrected chi connectivity index (χ2v) is 17.8. The van der Waals surface area contributed by atoms with Crippen molar-refractivity contribution in [3.63, 3.8) is 0 Å². The SMILES string of the molecule is C=C1[C@H]2[C@H](O[C@H]3O[C@@H](CO)[C@H](O)[C@@H](O)[C@@H]3O)OC=C(C(=O)OC[C@@H](C)CCC[C@@H](C)CCOC(=O)C3=CO[C@@H](O[C@H]4O[C@@H](CO)[C@H](O)[C@@H](O)[C@@H]4O)[C@@H]4[C@@H](C)[C@H](O)C[C@H]34)[C@H]2C[C@H]1O. The van der Waals surface area contributed by atoms with Gasteiger partial charge in [-0.15, -0.1) is 0 Å². The van der Waals surface area contributed by atoms with Gasteiger partial charge in [-0.2, -0.15) is 0 Å². The van der Waals surface area contributed by atoms with Crippen LogP contribution in [0.15, 0.2) is 35.8 Å². The molecule has 20 heteroatoms. The molecule has 21 atom stereocenters. The Morgan fingerprint density at radius 1 is 0.694 bits per heavy atom. The first-order chi connectivity index (χ1) is 29.5. The maximum Gasteiger partial charge on any atom is 0.337 e. The van der Waals surface area contributed by atoms with Gasteiger partial charge in [-0.05, 0) is 49.0 Å². The molecule has 2 saturated heterocycles. The molecule has 6 rings (SSSR count). The van der Waals surface area contributed by atoms with E-state index in [1.807, 2.05) is 13.8 Å². The summed E-state index contributed by atoms with van der Waals surface area (Å²) in [4.78, 5) is 26.6. The van der Waals surface area contributed by atoms with Crippen molar-refractivity contribution >= 4 is 11.9 Å². The number of carbonyl (C=O) groups excluding carboxylic acids is 2. The minimum Gasteiger partial charge on any atom is -0.472 e. The topological polar surface area (TPSA) is 310 Å². The number of ether oxygens (including phenoxy) is 8. The van der Waals surface area contributed by atoms with Crippen LogP contribution in [0.4, 0.5) is 0 Å². The van der Waals surface area contributed by atoms with E-state index in [9.17, 15) is 60.7 Å².